The molecule has 3 nitrogen and oxygen atoms in total. The van der Waals surface area contributed by atoms with Crippen molar-refractivity contribution >= 4 is 45.4 Å². The number of thioether (sulfide) groups is 1. The van der Waals surface area contributed by atoms with Crippen molar-refractivity contribution in [3.05, 3.63) is 58.0 Å². The summed E-state index contributed by atoms with van der Waals surface area (Å²) in [5.41, 5.74) is 6.35. The maximum Gasteiger partial charge on any atom is 0.0670 e. The molecule has 0 N–H and O–H groups in total. The van der Waals surface area contributed by atoms with Gasteiger partial charge in [-0.15, -0.1) is 0 Å². The fraction of sp³-hybridized carbons (Fsp3) is 0.250. The second kappa shape index (κ2) is 5.63. The SMILES string of the molecule is Cc1ccc(C2=Cn3c4c(c5cc(Cl)cc(c53)S2)CN(C)CC4)cn1. The van der Waals surface area contributed by atoms with Gasteiger partial charge in [0.1, 0.15) is 0 Å². The van der Waals surface area contributed by atoms with Crippen LogP contribution in [0.4, 0.5) is 0 Å². The first-order chi connectivity index (χ1) is 12.1. The monoisotopic (exact) mass is 367 g/mol. The highest BCUT2D eigenvalue weighted by Crippen LogP contribution is 2.47. The molecule has 3 aromatic rings. The summed E-state index contributed by atoms with van der Waals surface area (Å²) in [6, 6.07) is 8.44. The van der Waals surface area contributed by atoms with Crippen LogP contribution in [0.5, 0.6) is 0 Å². The number of halogens is 1. The molecular weight excluding hydrogens is 350 g/mol. The van der Waals surface area contributed by atoms with Crippen molar-refractivity contribution in [3.63, 3.8) is 0 Å². The van der Waals surface area contributed by atoms with Gasteiger partial charge in [-0.05, 0) is 37.7 Å². The van der Waals surface area contributed by atoms with Gasteiger partial charge in [-0.1, -0.05) is 29.4 Å². The van der Waals surface area contributed by atoms with Crippen LogP contribution in [0.1, 0.15) is 22.5 Å². The quantitative estimate of drug-likeness (QED) is 0.600. The van der Waals surface area contributed by atoms with E-state index in [0.29, 0.717) is 0 Å². The Kier molecular flexibility index (Phi) is 3.49. The summed E-state index contributed by atoms with van der Waals surface area (Å²) < 4.78 is 2.40. The predicted octanol–water partition coefficient (Wildman–Crippen LogP) is 5.05. The number of likely N-dealkylation sites (N-methyl/N-ethyl adjacent to an activating group) is 1. The molecule has 0 unspecified atom stereocenters. The van der Waals surface area contributed by atoms with E-state index in [-0.39, 0.29) is 0 Å². The van der Waals surface area contributed by atoms with Crippen molar-refractivity contribution < 1.29 is 0 Å². The van der Waals surface area contributed by atoms with Gasteiger partial charge in [0.2, 0.25) is 0 Å². The number of hydrogen-bond acceptors (Lipinski definition) is 3. The third-order valence-corrected chi connectivity index (χ3v) is 6.38. The fourth-order valence-electron chi connectivity index (χ4n) is 3.81. The van der Waals surface area contributed by atoms with Crippen molar-refractivity contribution in [3.8, 4) is 0 Å². The molecule has 0 saturated carbocycles. The summed E-state index contributed by atoms with van der Waals surface area (Å²) in [6.07, 6.45) is 5.31. The van der Waals surface area contributed by atoms with Gasteiger partial charge in [0.05, 0.1) is 5.52 Å². The minimum Gasteiger partial charge on any atom is -0.318 e. The Labute approximate surface area is 156 Å². The molecule has 0 spiro atoms. The summed E-state index contributed by atoms with van der Waals surface area (Å²) in [4.78, 5) is 9.30. The van der Waals surface area contributed by atoms with Gasteiger partial charge >= 0.3 is 0 Å². The van der Waals surface area contributed by atoms with E-state index in [2.05, 4.69) is 52.0 Å². The van der Waals surface area contributed by atoms with Crippen molar-refractivity contribution in [2.24, 2.45) is 0 Å². The van der Waals surface area contributed by atoms with Crippen LogP contribution in [0, 0.1) is 6.92 Å². The zero-order valence-corrected chi connectivity index (χ0v) is 15.8. The molecule has 0 fully saturated rings. The first-order valence-electron chi connectivity index (χ1n) is 8.46. The zero-order valence-electron chi connectivity index (χ0n) is 14.2. The molecule has 4 heterocycles. The lowest BCUT2D eigenvalue weighted by Gasteiger charge is -2.24. The summed E-state index contributed by atoms with van der Waals surface area (Å²) in [5, 5.41) is 2.11. The Bertz CT molecular complexity index is 1030. The average molecular weight is 368 g/mol. The van der Waals surface area contributed by atoms with E-state index in [4.69, 9.17) is 11.6 Å². The maximum atomic E-state index is 6.46. The molecule has 0 saturated heterocycles. The number of hydrogen-bond donors (Lipinski definition) is 0. The molecule has 0 amide bonds. The fourth-order valence-corrected chi connectivity index (χ4v) is 5.22. The van der Waals surface area contributed by atoms with E-state index >= 15 is 0 Å². The Morgan fingerprint density at radius 3 is 2.92 bits per heavy atom. The Balaban J connectivity index is 1.76. The van der Waals surface area contributed by atoms with Crippen LogP contribution in [-0.4, -0.2) is 28.0 Å². The van der Waals surface area contributed by atoms with Gasteiger partial charge in [0, 0.05) is 69.1 Å². The number of benzene rings is 1. The Morgan fingerprint density at radius 1 is 1.24 bits per heavy atom. The van der Waals surface area contributed by atoms with Crippen LogP contribution >= 0.6 is 23.4 Å². The van der Waals surface area contributed by atoms with Crippen LogP contribution in [0.3, 0.4) is 0 Å². The lowest BCUT2D eigenvalue weighted by atomic mass is 10.1. The number of pyridine rings is 1. The van der Waals surface area contributed by atoms with E-state index in [1.165, 1.54) is 32.0 Å². The first kappa shape index (κ1) is 15.5. The Morgan fingerprint density at radius 2 is 2.12 bits per heavy atom. The van der Waals surface area contributed by atoms with E-state index in [9.17, 15) is 0 Å². The van der Waals surface area contributed by atoms with Gasteiger partial charge in [-0.3, -0.25) is 4.98 Å². The number of nitrogens with zero attached hydrogens (tertiary/aromatic N) is 3. The molecule has 0 radical (unpaired) electrons. The number of fused-ring (bicyclic) bond motifs is 3. The molecule has 126 valence electrons. The lowest BCUT2D eigenvalue weighted by molar-refractivity contribution is 0.312. The van der Waals surface area contributed by atoms with Gasteiger partial charge < -0.3 is 9.47 Å². The van der Waals surface area contributed by atoms with Crippen LogP contribution in [-0.2, 0) is 13.0 Å². The van der Waals surface area contributed by atoms with Gasteiger partial charge in [-0.25, -0.2) is 0 Å². The van der Waals surface area contributed by atoms with Crippen LogP contribution in [0.25, 0.3) is 22.0 Å². The highest BCUT2D eigenvalue weighted by Gasteiger charge is 2.27. The summed E-state index contributed by atoms with van der Waals surface area (Å²) in [5.74, 6) is 0. The lowest BCUT2D eigenvalue weighted by Crippen LogP contribution is -2.26. The van der Waals surface area contributed by atoms with Crippen LogP contribution < -0.4 is 0 Å². The van der Waals surface area contributed by atoms with Crippen molar-refractivity contribution in [1.82, 2.24) is 14.5 Å². The Hall–Kier alpha value is -1.75. The second-order valence-electron chi connectivity index (χ2n) is 6.87. The predicted molar refractivity (Wildman–Crippen MR) is 106 cm³/mol. The summed E-state index contributed by atoms with van der Waals surface area (Å²) in [6.45, 7) is 4.09. The largest absolute Gasteiger partial charge is 0.318 e. The molecule has 5 heteroatoms. The average Bonchev–Trinajstić information content (AvgIpc) is 2.89. The molecule has 0 aliphatic carbocycles. The summed E-state index contributed by atoms with van der Waals surface area (Å²) >= 11 is 8.25. The van der Waals surface area contributed by atoms with E-state index < -0.39 is 0 Å². The van der Waals surface area contributed by atoms with Crippen LogP contribution in [0.15, 0.2) is 35.4 Å². The zero-order chi connectivity index (χ0) is 17.1. The topological polar surface area (TPSA) is 21.1 Å². The van der Waals surface area contributed by atoms with Gasteiger partial charge in [0.15, 0.2) is 0 Å². The standard InChI is InChI=1S/C20H18ClN3S/c1-12-3-4-13(9-22-12)19-11-24-17-5-6-23(2)10-16(17)15-7-14(21)8-18(25-19)20(15)24/h3-4,7-9,11H,5-6,10H2,1-2H3. The van der Waals surface area contributed by atoms with Crippen molar-refractivity contribution in [2.75, 3.05) is 13.6 Å². The molecule has 2 aromatic heterocycles. The van der Waals surface area contributed by atoms with Crippen molar-refractivity contribution in [1.29, 1.82) is 0 Å². The molecule has 0 bridgehead atoms. The van der Waals surface area contributed by atoms with E-state index in [0.717, 1.165) is 35.8 Å². The highest BCUT2D eigenvalue weighted by molar-refractivity contribution is 8.08. The normalized spacial score (nSPS) is 16.8. The molecule has 2 aliphatic rings. The van der Waals surface area contributed by atoms with Gasteiger partial charge in [-0.2, -0.15) is 0 Å². The number of aromatic nitrogens is 2. The molecule has 1 aromatic carbocycles. The van der Waals surface area contributed by atoms with E-state index in [1.54, 1.807) is 11.8 Å². The van der Waals surface area contributed by atoms with Crippen molar-refractivity contribution in [2.45, 2.75) is 24.8 Å². The summed E-state index contributed by atoms with van der Waals surface area (Å²) in [7, 11) is 2.19. The minimum absolute atomic E-state index is 0.812. The highest BCUT2D eigenvalue weighted by atomic mass is 35.5. The molecule has 5 rings (SSSR count). The smallest absolute Gasteiger partial charge is 0.0670 e. The third-order valence-electron chi connectivity index (χ3n) is 5.07. The molecule has 0 atom stereocenters. The molecular formula is C20H18ClN3S. The number of rotatable bonds is 1. The number of aryl methyl sites for hydroxylation is 1. The second-order valence-corrected chi connectivity index (χ2v) is 8.39. The van der Waals surface area contributed by atoms with E-state index in [1.807, 2.05) is 13.1 Å². The van der Waals surface area contributed by atoms with Gasteiger partial charge in [0.25, 0.3) is 0 Å². The van der Waals surface area contributed by atoms with Crippen LogP contribution in [0.2, 0.25) is 5.02 Å². The molecule has 2 aliphatic heterocycles. The first-order valence-corrected chi connectivity index (χ1v) is 9.66. The minimum atomic E-state index is 0.812. The third kappa shape index (κ3) is 2.43. The maximum absolute atomic E-state index is 6.46. The molecule has 25 heavy (non-hydrogen) atoms.